The highest BCUT2D eigenvalue weighted by molar-refractivity contribution is 14.1. The predicted molar refractivity (Wildman–Crippen MR) is 130 cm³/mol. The second-order valence-electron chi connectivity index (χ2n) is 6.21. The average molecular weight is 572 g/mol. The number of ether oxygens (including phenoxy) is 2. The van der Waals surface area contributed by atoms with Crippen molar-refractivity contribution in [3.8, 4) is 17.2 Å². The van der Waals surface area contributed by atoms with Gasteiger partial charge in [-0.2, -0.15) is 8.42 Å². The van der Waals surface area contributed by atoms with Gasteiger partial charge in [-0.05, 0) is 95.7 Å². The van der Waals surface area contributed by atoms with Crippen LogP contribution < -0.4 is 13.7 Å². The number of rotatable bonds is 8. The summed E-state index contributed by atoms with van der Waals surface area (Å²) in [6.07, 6.45) is 1.67. The van der Waals surface area contributed by atoms with Crippen molar-refractivity contribution >= 4 is 56.2 Å². The molecule has 0 aromatic heterocycles. The third-order valence-corrected chi connectivity index (χ3v) is 6.35. The lowest BCUT2D eigenvalue weighted by atomic mass is 10.2. The smallest absolute Gasteiger partial charge is 0.339 e. The Kier molecular flexibility index (Phi) is 7.79. The van der Waals surface area contributed by atoms with E-state index in [9.17, 15) is 8.42 Å². The summed E-state index contributed by atoms with van der Waals surface area (Å²) in [7, 11) is -2.45. The normalized spacial score (nSPS) is 11.5. The van der Waals surface area contributed by atoms with Crippen LogP contribution in [0.3, 0.4) is 0 Å². The molecule has 0 saturated carbocycles. The molecule has 0 atom stereocenters. The Hall–Kier alpha value is -2.30. The molecule has 0 radical (unpaired) electrons. The summed E-state index contributed by atoms with van der Waals surface area (Å²) < 4.78 is 42.2. The zero-order chi connectivity index (χ0) is 22.4. The van der Waals surface area contributed by atoms with Crippen molar-refractivity contribution in [1.29, 1.82) is 0 Å². The molecular weight excluding hydrogens is 553 g/mol. The van der Waals surface area contributed by atoms with E-state index in [1.807, 2.05) is 53.8 Å². The summed E-state index contributed by atoms with van der Waals surface area (Å²) >= 11 is 7.86. The number of halogens is 2. The molecule has 3 aromatic carbocycles. The van der Waals surface area contributed by atoms with Crippen molar-refractivity contribution in [2.24, 2.45) is 4.99 Å². The van der Waals surface area contributed by atoms with Crippen molar-refractivity contribution in [2.45, 2.75) is 11.8 Å². The van der Waals surface area contributed by atoms with Crippen molar-refractivity contribution in [2.75, 3.05) is 13.7 Å². The maximum Gasteiger partial charge on any atom is 0.339 e. The van der Waals surface area contributed by atoms with E-state index in [-0.39, 0.29) is 10.6 Å². The SMILES string of the molecule is CCOc1cc(C=Nc2ccc(OC)cc2)cc(I)c1OS(=O)(=O)c1ccc(Cl)cc1. The molecule has 31 heavy (non-hydrogen) atoms. The van der Waals surface area contributed by atoms with Gasteiger partial charge in [-0.1, -0.05) is 11.6 Å². The molecule has 0 amide bonds. The Bertz CT molecular complexity index is 1180. The monoisotopic (exact) mass is 571 g/mol. The summed E-state index contributed by atoms with van der Waals surface area (Å²) in [5, 5.41) is 0.434. The molecule has 162 valence electrons. The van der Waals surface area contributed by atoms with Gasteiger partial charge in [0.25, 0.3) is 0 Å². The molecule has 0 heterocycles. The van der Waals surface area contributed by atoms with Gasteiger partial charge in [0.05, 0.1) is 23.0 Å². The number of nitrogens with zero attached hydrogens (tertiary/aromatic N) is 1. The lowest BCUT2D eigenvalue weighted by Crippen LogP contribution is -2.12. The molecule has 0 saturated heterocycles. The van der Waals surface area contributed by atoms with E-state index in [0.717, 1.165) is 17.0 Å². The van der Waals surface area contributed by atoms with Gasteiger partial charge >= 0.3 is 10.1 Å². The minimum atomic E-state index is -4.06. The quantitative estimate of drug-likeness (QED) is 0.192. The van der Waals surface area contributed by atoms with Crippen LogP contribution in [0.1, 0.15) is 12.5 Å². The molecule has 0 N–H and O–H groups in total. The van der Waals surface area contributed by atoms with Crippen molar-refractivity contribution < 1.29 is 22.1 Å². The zero-order valence-electron chi connectivity index (χ0n) is 16.7. The third kappa shape index (κ3) is 6.11. The van der Waals surface area contributed by atoms with E-state index in [4.69, 9.17) is 25.3 Å². The molecule has 0 aliphatic carbocycles. The van der Waals surface area contributed by atoms with Crippen LogP contribution in [0.15, 0.2) is 70.6 Å². The minimum Gasteiger partial charge on any atom is -0.497 e. The van der Waals surface area contributed by atoms with Crippen molar-refractivity contribution in [1.82, 2.24) is 0 Å². The molecule has 3 aromatic rings. The van der Waals surface area contributed by atoms with Crippen LogP contribution in [-0.2, 0) is 10.1 Å². The fourth-order valence-electron chi connectivity index (χ4n) is 2.58. The Morgan fingerprint density at radius 1 is 1.06 bits per heavy atom. The minimum absolute atomic E-state index is 0.000272. The van der Waals surface area contributed by atoms with E-state index in [1.165, 1.54) is 24.3 Å². The summed E-state index contributed by atoms with van der Waals surface area (Å²) in [5.74, 6) is 1.18. The number of benzene rings is 3. The first kappa shape index (κ1) is 23.4. The zero-order valence-corrected chi connectivity index (χ0v) is 20.4. The van der Waals surface area contributed by atoms with Crippen molar-refractivity contribution in [3.63, 3.8) is 0 Å². The van der Waals surface area contributed by atoms with E-state index < -0.39 is 10.1 Å². The molecule has 0 spiro atoms. The molecule has 0 unspecified atom stereocenters. The first-order chi connectivity index (χ1) is 14.8. The van der Waals surface area contributed by atoms with Gasteiger partial charge in [0, 0.05) is 11.2 Å². The molecule has 9 heteroatoms. The van der Waals surface area contributed by atoms with E-state index >= 15 is 0 Å². The Labute approximate surface area is 200 Å². The topological polar surface area (TPSA) is 74.2 Å². The number of hydrogen-bond acceptors (Lipinski definition) is 6. The average Bonchev–Trinajstić information content (AvgIpc) is 2.75. The number of methoxy groups -OCH3 is 1. The fourth-order valence-corrected chi connectivity index (χ4v) is 4.55. The second kappa shape index (κ2) is 10.3. The van der Waals surface area contributed by atoms with Crippen LogP contribution in [0, 0.1) is 3.57 Å². The summed E-state index contributed by atoms with van der Waals surface area (Å²) in [4.78, 5) is 4.44. The fraction of sp³-hybridized carbons (Fsp3) is 0.136. The molecular formula is C22H19ClINO5S. The highest BCUT2D eigenvalue weighted by atomic mass is 127. The lowest BCUT2D eigenvalue weighted by Gasteiger charge is -2.14. The van der Waals surface area contributed by atoms with Crippen LogP contribution in [0.2, 0.25) is 5.02 Å². The first-order valence-corrected chi connectivity index (χ1v) is 12.0. The standard InChI is InChI=1S/C22H19ClINO5S/c1-3-29-21-13-15(14-25-17-6-8-18(28-2)9-7-17)12-20(24)22(21)30-31(26,27)19-10-4-16(23)5-11-19/h4-14H,3H2,1-2H3. The van der Waals surface area contributed by atoms with E-state index in [0.29, 0.717) is 20.9 Å². The number of hydrogen-bond donors (Lipinski definition) is 0. The van der Waals surface area contributed by atoms with Crippen LogP contribution >= 0.6 is 34.2 Å². The first-order valence-electron chi connectivity index (χ1n) is 9.17. The largest absolute Gasteiger partial charge is 0.497 e. The van der Waals surface area contributed by atoms with Crippen molar-refractivity contribution in [3.05, 3.63) is 74.8 Å². The van der Waals surface area contributed by atoms with Crippen LogP contribution in [-0.4, -0.2) is 28.3 Å². The summed E-state index contributed by atoms with van der Waals surface area (Å²) in [6, 6.07) is 16.5. The van der Waals surface area contributed by atoms with Gasteiger partial charge in [-0.25, -0.2) is 0 Å². The van der Waals surface area contributed by atoms with Gasteiger partial charge in [0.2, 0.25) is 0 Å². The summed E-state index contributed by atoms with van der Waals surface area (Å²) in [6.45, 7) is 2.15. The molecule has 3 rings (SSSR count). The van der Waals surface area contributed by atoms with Crippen LogP contribution in [0.5, 0.6) is 17.2 Å². The third-order valence-electron chi connectivity index (χ3n) is 4.06. The predicted octanol–water partition coefficient (Wildman–Crippen LogP) is 5.87. The van der Waals surface area contributed by atoms with Gasteiger partial charge in [0.15, 0.2) is 11.5 Å². The maximum atomic E-state index is 12.7. The highest BCUT2D eigenvalue weighted by Gasteiger charge is 2.22. The Morgan fingerprint density at radius 3 is 2.35 bits per heavy atom. The van der Waals surface area contributed by atoms with Crippen LogP contribution in [0.4, 0.5) is 5.69 Å². The van der Waals surface area contributed by atoms with Gasteiger partial charge < -0.3 is 13.7 Å². The highest BCUT2D eigenvalue weighted by Crippen LogP contribution is 2.36. The lowest BCUT2D eigenvalue weighted by molar-refractivity contribution is 0.327. The molecule has 0 fully saturated rings. The van der Waals surface area contributed by atoms with E-state index in [2.05, 4.69) is 4.99 Å². The Balaban J connectivity index is 1.91. The molecule has 6 nitrogen and oxygen atoms in total. The van der Waals surface area contributed by atoms with E-state index in [1.54, 1.807) is 25.5 Å². The molecule has 0 aliphatic rings. The summed E-state index contributed by atoms with van der Waals surface area (Å²) in [5.41, 5.74) is 1.49. The second-order valence-corrected chi connectivity index (χ2v) is 9.36. The van der Waals surface area contributed by atoms with Gasteiger partial charge in [-0.3, -0.25) is 4.99 Å². The number of aliphatic imine (C=N–C) groups is 1. The van der Waals surface area contributed by atoms with Gasteiger partial charge in [0.1, 0.15) is 10.6 Å². The van der Waals surface area contributed by atoms with Crippen LogP contribution in [0.25, 0.3) is 0 Å². The van der Waals surface area contributed by atoms with Gasteiger partial charge in [-0.15, -0.1) is 0 Å². The molecule has 0 aliphatic heterocycles. The maximum absolute atomic E-state index is 12.7. The molecule has 0 bridgehead atoms. The Morgan fingerprint density at radius 2 is 1.74 bits per heavy atom.